The molecule has 0 radical (unpaired) electrons. The van der Waals surface area contributed by atoms with E-state index in [1.54, 1.807) is 6.92 Å². The van der Waals surface area contributed by atoms with E-state index in [0.717, 1.165) is 22.4 Å². The van der Waals surface area contributed by atoms with Gasteiger partial charge in [0.15, 0.2) is 0 Å². The number of benzene rings is 1. The van der Waals surface area contributed by atoms with E-state index in [1.807, 2.05) is 44.2 Å². The van der Waals surface area contributed by atoms with Gasteiger partial charge in [-0.25, -0.2) is 4.79 Å². The number of ether oxygens (including phenoxy) is 1. The second-order valence-corrected chi connectivity index (χ2v) is 6.35. The summed E-state index contributed by atoms with van der Waals surface area (Å²) < 4.78 is 5.14. The maximum Gasteiger partial charge on any atom is 0.341 e. The average molecular weight is 331 g/mol. The molecule has 0 saturated heterocycles. The lowest BCUT2D eigenvalue weighted by Crippen LogP contribution is -2.16. The maximum atomic E-state index is 12.3. The van der Waals surface area contributed by atoms with Gasteiger partial charge in [-0.3, -0.25) is 4.79 Å². The molecule has 1 heterocycles. The number of carbonyl (C=O) groups is 2. The van der Waals surface area contributed by atoms with Crippen LogP contribution < -0.4 is 5.32 Å². The smallest absolute Gasteiger partial charge is 0.341 e. The van der Waals surface area contributed by atoms with Crippen molar-refractivity contribution in [2.24, 2.45) is 0 Å². The molecule has 122 valence electrons. The van der Waals surface area contributed by atoms with Crippen molar-refractivity contribution in [3.05, 3.63) is 51.9 Å². The van der Waals surface area contributed by atoms with E-state index in [-0.39, 0.29) is 18.3 Å². The summed E-state index contributed by atoms with van der Waals surface area (Å²) in [5.41, 5.74) is 2.38. The van der Waals surface area contributed by atoms with Gasteiger partial charge in [0.2, 0.25) is 5.91 Å². The summed E-state index contributed by atoms with van der Waals surface area (Å²) in [5, 5.41) is 3.45. The second kappa shape index (κ2) is 7.92. The van der Waals surface area contributed by atoms with E-state index in [4.69, 9.17) is 4.74 Å². The van der Waals surface area contributed by atoms with Crippen LogP contribution >= 0.6 is 11.3 Å². The highest BCUT2D eigenvalue weighted by atomic mass is 32.1. The molecule has 2 rings (SSSR count). The lowest BCUT2D eigenvalue weighted by atomic mass is 10.1. The van der Waals surface area contributed by atoms with Crippen molar-refractivity contribution in [1.82, 2.24) is 0 Å². The van der Waals surface area contributed by atoms with Gasteiger partial charge < -0.3 is 10.1 Å². The molecular formula is C18H21NO3S. The largest absolute Gasteiger partial charge is 0.462 e. The molecule has 0 saturated carbocycles. The molecule has 0 spiro atoms. The van der Waals surface area contributed by atoms with E-state index in [0.29, 0.717) is 17.2 Å². The average Bonchev–Trinajstić information content (AvgIpc) is 2.83. The summed E-state index contributed by atoms with van der Waals surface area (Å²) >= 11 is 1.43. The molecule has 0 unspecified atom stereocenters. The molecule has 1 N–H and O–H groups in total. The Hall–Kier alpha value is -2.14. The van der Waals surface area contributed by atoms with Crippen LogP contribution in [0.5, 0.6) is 0 Å². The van der Waals surface area contributed by atoms with Gasteiger partial charge in [-0.15, -0.1) is 11.3 Å². The summed E-state index contributed by atoms with van der Waals surface area (Å²) in [6.07, 6.45) is 1.01. The fourth-order valence-electron chi connectivity index (χ4n) is 2.46. The first-order chi connectivity index (χ1) is 11.1. The Kier molecular flexibility index (Phi) is 5.93. The number of hydrogen-bond acceptors (Lipinski definition) is 4. The zero-order valence-electron chi connectivity index (χ0n) is 13.6. The van der Waals surface area contributed by atoms with Crippen LogP contribution in [-0.4, -0.2) is 18.5 Å². The van der Waals surface area contributed by atoms with Crippen LogP contribution in [0.1, 0.15) is 40.2 Å². The molecule has 2 aromatic rings. The topological polar surface area (TPSA) is 55.4 Å². The van der Waals surface area contributed by atoms with Crippen molar-refractivity contribution in [3.8, 4) is 0 Å². The van der Waals surface area contributed by atoms with Gasteiger partial charge in [-0.05, 0) is 31.4 Å². The van der Waals surface area contributed by atoms with Crippen molar-refractivity contribution >= 4 is 28.2 Å². The van der Waals surface area contributed by atoms with Gasteiger partial charge >= 0.3 is 5.97 Å². The Morgan fingerprint density at radius 3 is 2.48 bits per heavy atom. The molecule has 1 aromatic carbocycles. The molecule has 0 bridgehead atoms. The van der Waals surface area contributed by atoms with Gasteiger partial charge in [-0.1, -0.05) is 37.3 Å². The molecule has 5 heteroatoms. The van der Waals surface area contributed by atoms with Gasteiger partial charge in [0.25, 0.3) is 0 Å². The second-order valence-electron chi connectivity index (χ2n) is 5.13. The van der Waals surface area contributed by atoms with E-state index >= 15 is 0 Å². The Labute approximate surface area is 140 Å². The summed E-state index contributed by atoms with van der Waals surface area (Å²) in [6, 6.07) is 9.52. The van der Waals surface area contributed by atoms with Gasteiger partial charge in [0, 0.05) is 4.88 Å². The van der Waals surface area contributed by atoms with Gasteiger partial charge in [0.05, 0.1) is 18.6 Å². The summed E-state index contributed by atoms with van der Waals surface area (Å²) in [7, 11) is 0. The third-order valence-electron chi connectivity index (χ3n) is 3.50. The highest BCUT2D eigenvalue weighted by Crippen LogP contribution is 2.34. The van der Waals surface area contributed by atoms with E-state index in [9.17, 15) is 9.59 Å². The van der Waals surface area contributed by atoms with Gasteiger partial charge in [-0.2, -0.15) is 0 Å². The molecule has 0 aliphatic heterocycles. The minimum absolute atomic E-state index is 0.134. The van der Waals surface area contributed by atoms with Crippen molar-refractivity contribution in [1.29, 1.82) is 0 Å². The predicted octanol–water partition coefficient (Wildman–Crippen LogP) is 3.98. The molecule has 1 amide bonds. The van der Waals surface area contributed by atoms with Crippen molar-refractivity contribution in [2.45, 2.75) is 33.6 Å². The van der Waals surface area contributed by atoms with E-state index in [2.05, 4.69) is 5.32 Å². The predicted molar refractivity (Wildman–Crippen MR) is 93.2 cm³/mol. The number of nitrogens with one attached hydrogen (secondary N) is 1. The first kappa shape index (κ1) is 17.2. The van der Waals surface area contributed by atoms with Crippen LogP contribution in [0.4, 0.5) is 5.00 Å². The SMILES string of the molecule is CCOC(=O)c1c(NC(=O)Cc2ccccc2)sc(C)c1CC. The number of carbonyl (C=O) groups excluding carboxylic acids is 2. The monoisotopic (exact) mass is 331 g/mol. The van der Waals surface area contributed by atoms with Crippen molar-refractivity contribution in [3.63, 3.8) is 0 Å². The number of rotatable bonds is 6. The molecule has 4 nitrogen and oxygen atoms in total. The van der Waals surface area contributed by atoms with Crippen LogP contribution in [0.15, 0.2) is 30.3 Å². The molecule has 0 fully saturated rings. The fraction of sp³-hybridized carbons (Fsp3) is 0.333. The highest BCUT2D eigenvalue weighted by molar-refractivity contribution is 7.16. The molecule has 0 aliphatic rings. The number of hydrogen-bond donors (Lipinski definition) is 1. The summed E-state index contributed by atoms with van der Waals surface area (Å²) in [4.78, 5) is 25.5. The van der Waals surface area contributed by atoms with Crippen molar-refractivity contribution in [2.75, 3.05) is 11.9 Å². The summed E-state index contributed by atoms with van der Waals surface area (Å²) in [5.74, 6) is -0.505. The zero-order chi connectivity index (χ0) is 16.8. The fourth-order valence-corrected chi connectivity index (χ4v) is 3.61. The number of thiophene rings is 1. The zero-order valence-corrected chi connectivity index (χ0v) is 14.5. The number of esters is 1. The van der Waals surface area contributed by atoms with E-state index < -0.39 is 0 Å². The van der Waals surface area contributed by atoms with Gasteiger partial charge in [0.1, 0.15) is 5.00 Å². The lowest BCUT2D eigenvalue weighted by Gasteiger charge is -2.08. The Bertz CT molecular complexity index is 692. The highest BCUT2D eigenvalue weighted by Gasteiger charge is 2.23. The normalized spacial score (nSPS) is 10.4. The minimum Gasteiger partial charge on any atom is -0.462 e. The molecule has 23 heavy (non-hydrogen) atoms. The number of amides is 1. The first-order valence-corrected chi connectivity index (χ1v) is 8.51. The lowest BCUT2D eigenvalue weighted by molar-refractivity contribution is -0.115. The van der Waals surface area contributed by atoms with Crippen LogP contribution in [0.25, 0.3) is 0 Å². The third-order valence-corrected chi connectivity index (χ3v) is 4.57. The number of anilines is 1. The standard InChI is InChI=1S/C18H21NO3S/c1-4-14-12(3)23-17(16(14)18(21)22-5-2)19-15(20)11-13-9-7-6-8-10-13/h6-10H,4-5,11H2,1-3H3,(H,19,20). The third kappa shape index (κ3) is 4.20. The molecule has 1 aromatic heterocycles. The Balaban J connectivity index is 2.22. The Morgan fingerprint density at radius 1 is 1.17 bits per heavy atom. The van der Waals surface area contributed by atoms with Crippen LogP contribution in [0, 0.1) is 6.92 Å². The number of aryl methyl sites for hydroxylation is 1. The molecule has 0 atom stereocenters. The van der Waals surface area contributed by atoms with Crippen molar-refractivity contribution < 1.29 is 14.3 Å². The first-order valence-electron chi connectivity index (χ1n) is 7.69. The maximum absolute atomic E-state index is 12.3. The van der Waals surface area contributed by atoms with Crippen LogP contribution in [0.3, 0.4) is 0 Å². The van der Waals surface area contributed by atoms with Crippen LogP contribution in [-0.2, 0) is 22.4 Å². The van der Waals surface area contributed by atoms with E-state index in [1.165, 1.54) is 11.3 Å². The molecular weight excluding hydrogens is 310 g/mol. The summed E-state index contributed by atoms with van der Waals surface area (Å²) in [6.45, 7) is 6.04. The Morgan fingerprint density at radius 2 is 1.87 bits per heavy atom. The quantitative estimate of drug-likeness (QED) is 0.815. The molecule has 0 aliphatic carbocycles. The van der Waals surface area contributed by atoms with Crippen LogP contribution in [0.2, 0.25) is 0 Å². The minimum atomic E-state index is -0.372.